The summed E-state index contributed by atoms with van der Waals surface area (Å²) < 4.78 is 2.06. The fourth-order valence-electron chi connectivity index (χ4n) is 1.45. The third-order valence-electron chi connectivity index (χ3n) is 2.28. The lowest BCUT2D eigenvalue weighted by molar-refractivity contribution is 0.689. The molecule has 0 saturated carbocycles. The zero-order chi connectivity index (χ0) is 10.4. The Hall–Kier alpha value is -1.30. The molecule has 0 aromatic carbocycles. The number of imidazole rings is 1. The van der Waals surface area contributed by atoms with Crippen LogP contribution in [0.3, 0.4) is 0 Å². The van der Waals surface area contributed by atoms with E-state index in [0.29, 0.717) is 6.42 Å². The second kappa shape index (κ2) is 5.43. The monoisotopic (exact) mass is 191 g/mol. The number of hydrogen-bond donors (Lipinski definition) is 0. The van der Waals surface area contributed by atoms with E-state index in [0.717, 1.165) is 24.5 Å². The molecule has 0 fully saturated rings. The molecule has 3 nitrogen and oxygen atoms in total. The summed E-state index contributed by atoms with van der Waals surface area (Å²) in [6.45, 7) is 4.94. The van der Waals surface area contributed by atoms with Crippen molar-refractivity contribution >= 4 is 0 Å². The summed E-state index contributed by atoms with van der Waals surface area (Å²) in [7, 11) is 0. The third kappa shape index (κ3) is 2.88. The quantitative estimate of drug-likeness (QED) is 0.717. The van der Waals surface area contributed by atoms with Crippen molar-refractivity contribution in [2.75, 3.05) is 0 Å². The molecular formula is C11H17N3. The van der Waals surface area contributed by atoms with Crippen LogP contribution >= 0.6 is 0 Å². The van der Waals surface area contributed by atoms with Crippen LogP contribution in [0.1, 0.15) is 37.7 Å². The summed E-state index contributed by atoms with van der Waals surface area (Å²) in [6.07, 6.45) is 6.07. The Kier molecular flexibility index (Phi) is 4.18. The minimum absolute atomic E-state index is 0.560. The van der Waals surface area contributed by atoms with Gasteiger partial charge in [0.2, 0.25) is 0 Å². The highest BCUT2D eigenvalue weighted by Crippen LogP contribution is 2.06. The van der Waals surface area contributed by atoms with E-state index < -0.39 is 0 Å². The summed E-state index contributed by atoms with van der Waals surface area (Å²) in [6, 6.07) is 2.15. The number of rotatable bonds is 5. The number of unbranched alkanes of at least 4 members (excludes halogenated alkanes) is 1. The summed E-state index contributed by atoms with van der Waals surface area (Å²) in [5.41, 5.74) is 1.15. The average molecular weight is 191 g/mol. The van der Waals surface area contributed by atoms with Crippen LogP contribution in [0.4, 0.5) is 0 Å². The first kappa shape index (κ1) is 10.8. The molecule has 1 aromatic heterocycles. The minimum Gasteiger partial charge on any atom is -0.334 e. The van der Waals surface area contributed by atoms with E-state index in [2.05, 4.69) is 28.7 Å². The Morgan fingerprint density at radius 3 is 3.00 bits per heavy atom. The normalized spacial score (nSPS) is 10.1. The summed E-state index contributed by atoms with van der Waals surface area (Å²) in [4.78, 5) is 4.45. The molecule has 0 unspecified atom stereocenters. The van der Waals surface area contributed by atoms with Gasteiger partial charge >= 0.3 is 0 Å². The minimum atomic E-state index is 0.560. The van der Waals surface area contributed by atoms with Crippen LogP contribution in [0.25, 0.3) is 0 Å². The van der Waals surface area contributed by atoms with Gasteiger partial charge in [-0.3, -0.25) is 0 Å². The predicted octanol–water partition coefficient (Wildman–Crippen LogP) is 2.45. The SMILES string of the molecule is CCCCc1cn(CCC#N)c(C)n1. The highest BCUT2D eigenvalue weighted by Gasteiger charge is 2.02. The van der Waals surface area contributed by atoms with Crippen molar-refractivity contribution in [3.8, 4) is 6.07 Å². The molecule has 0 amide bonds. The first-order valence-corrected chi connectivity index (χ1v) is 5.17. The third-order valence-corrected chi connectivity index (χ3v) is 2.28. The van der Waals surface area contributed by atoms with Crippen LogP contribution in [0.2, 0.25) is 0 Å². The van der Waals surface area contributed by atoms with Crippen molar-refractivity contribution in [2.45, 2.75) is 46.1 Å². The predicted molar refractivity (Wildman–Crippen MR) is 55.8 cm³/mol. The molecular weight excluding hydrogens is 174 g/mol. The highest BCUT2D eigenvalue weighted by molar-refractivity contribution is 5.03. The highest BCUT2D eigenvalue weighted by atomic mass is 15.1. The maximum Gasteiger partial charge on any atom is 0.105 e. The molecule has 76 valence electrons. The first-order valence-electron chi connectivity index (χ1n) is 5.17. The Labute approximate surface area is 85.4 Å². The topological polar surface area (TPSA) is 41.6 Å². The second-order valence-corrected chi connectivity index (χ2v) is 3.48. The Morgan fingerprint density at radius 2 is 2.36 bits per heavy atom. The van der Waals surface area contributed by atoms with Crippen molar-refractivity contribution in [3.63, 3.8) is 0 Å². The van der Waals surface area contributed by atoms with Crippen molar-refractivity contribution in [1.82, 2.24) is 9.55 Å². The van der Waals surface area contributed by atoms with Gasteiger partial charge in [0.05, 0.1) is 18.2 Å². The van der Waals surface area contributed by atoms with Crippen molar-refractivity contribution in [2.24, 2.45) is 0 Å². The van der Waals surface area contributed by atoms with E-state index in [4.69, 9.17) is 5.26 Å². The molecule has 3 heteroatoms. The van der Waals surface area contributed by atoms with E-state index in [1.165, 1.54) is 12.8 Å². The lowest BCUT2D eigenvalue weighted by atomic mass is 10.2. The van der Waals surface area contributed by atoms with Crippen LogP contribution in [-0.4, -0.2) is 9.55 Å². The molecule has 14 heavy (non-hydrogen) atoms. The van der Waals surface area contributed by atoms with Gasteiger partial charge in [-0.2, -0.15) is 5.26 Å². The van der Waals surface area contributed by atoms with Crippen molar-refractivity contribution < 1.29 is 0 Å². The number of hydrogen-bond acceptors (Lipinski definition) is 2. The molecule has 1 heterocycles. The summed E-state index contributed by atoms with van der Waals surface area (Å²) in [5.74, 6) is 1.02. The van der Waals surface area contributed by atoms with Crippen molar-refractivity contribution in [1.29, 1.82) is 5.26 Å². The van der Waals surface area contributed by atoms with Gasteiger partial charge in [-0.15, -0.1) is 0 Å². The molecule has 0 aliphatic heterocycles. The fraction of sp³-hybridized carbons (Fsp3) is 0.636. The van der Waals surface area contributed by atoms with E-state index >= 15 is 0 Å². The molecule has 0 aliphatic rings. The van der Waals surface area contributed by atoms with Gasteiger partial charge in [-0.1, -0.05) is 13.3 Å². The Morgan fingerprint density at radius 1 is 1.57 bits per heavy atom. The Bertz CT molecular complexity index is 320. The molecule has 0 bridgehead atoms. The molecule has 0 N–H and O–H groups in total. The van der Waals surface area contributed by atoms with E-state index in [1.54, 1.807) is 0 Å². The van der Waals surface area contributed by atoms with Gasteiger partial charge in [0.25, 0.3) is 0 Å². The zero-order valence-electron chi connectivity index (χ0n) is 8.95. The maximum atomic E-state index is 8.48. The number of nitrogens with zero attached hydrogens (tertiary/aromatic N) is 3. The van der Waals surface area contributed by atoms with Crippen LogP contribution in [-0.2, 0) is 13.0 Å². The maximum absolute atomic E-state index is 8.48. The van der Waals surface area contributed by atoms with Crippen molar-refractivity contribution in [3.05, 3.63) is 17.7 Å². The Balaban J connectivity index is 2.58. The zero-order valence-corrected chi connectivity index (χ0v) is 8.95. The number of nitriles is 1. The van der Waals surface area contributed by atoms with Gasteiger partial charge in [0.1, 0.15) is 5.82 Å². The van der Waals surface area contributed by atoms with Crippen LogP contribution in [0.15, 0.2) is 6.20 Å². The van der Waals surface area contributed by atoms with E-state index in [1.807, 2.05) is 6.92 Å². The van der Waals surface area contributed by atoms with Gasteiger partial charge < -0.3 is 4.57 Å². The van der Waals surface area contributed by atoms with Crippen LogP contribution in [0.5, 0.6) is 0 Å². The molecule has 0 saturated heterocycles. The number of aryl methyl sites for hydroxylation is 3. The van der Waals surface area contributed by atoms with Gasteiger partial charge in [-0.05, 0) is 19.8 Å². The summed E-state index contributed by atoms with van der Waals surface area (Å²) in [5, 5.41) is 8.48. The fourth-order valence-corrected chi connectivity index (χ4v) is 1.45. The van der Waals surface area contributed by atoms with Gasteiger partial charge in [0.15, 0.2) is 0 Å². The summed E-state index contributed by atoms with van der Waals surface area (Å²) >= 11 is 0. The largest absolute Gasteiger partial charge is 0.334 e. The molecule has 0 atom stereocenters. The van der Waals surface area contributed by atoms with E-state index in [9.17, 15) is 0 Å². The smallest absolute Gasteiger partial charge is 0.105 e. The molecule has 0 radical (unpaired) electrons. The molecule has 1 aromatic rings. The van der Waals surface area contributed by atoms with Gasteiger partial charge in [0, 0.05) is 12.7 Å². The average Bonchev–Trinajstić information content (AvgIpc) is 2.53. The van der Waals surface area contributed by atoms with Crippen LogP contribution in [0, 0.1) is 18.3 Å². The number of aromatic nitrogens is 2. The molecule has 0 aliphatic carbocycles. The van der Waals surface area contributed by atoms with Crippen LogP contribution < -0.4 is 0 Å². The van der Waals surface area contributed by atoms with E-state index in [-0.39, 0.29) is 0 Å². The van der Waals surface area contributed by atoms with Gasteiger partial charge in [-0.25, -0.2) is 4.98 Å². The molecule has 0 spiro atoms. The lowest BCUT2D eigenvalue weighted by Gasteiger charge is -1.98. The second-order valence-electron chi connectivity index (χ2n) is 3.48. The standard InChI is InChI=1S/C11H17N3/c1-3-4-6-11-9-14(8-5-7-12)10(2)13-11/h9H,3-6,8H2,1-2H3. The first-order chi connectivity index (χ1) is 6.77. The molecule has 1 rings (SSSR count). The lowest BCUT2D eigenvalue weighted by Crippen LogP contribution is -1.97.